The predicted octanol–water partition coefficient (Wildman–Crippen LogP) is 0.220. The summed E-state index contributed by atoms with van der Waals surface area (Å²) in [6, 6.07) is 3.44. The maximum absolute atomic E-state index is 5.38. The van der Waals surface area contributed by atoms with Gasteiger partial charge in [-0.3, -0.25) is 0 Å². The normalized spacial score (nSPS) is 9.44. The van der Waals surface area contributed by atoms with Crippen LogP contribution in [0.3, 0.4) is 0 Å². The minimum atomic E-state index is 0.426. The first-order chi connectivity index (χ1) is 4.20. The molecule has 4 heteroatoms. The van der Waals surface area contributed by atoms with Crippen molar-refractivity contribution in [2.24, 2.45) is 0 Å². The van der Waals surface area contributed by atoms with Crippen LogP contribution in [0.5, 0.6) is 0 Å². The van der Waals surface area contributed by atoms with E-state index in [0.717, 1.165) is 4.47 Å². The van der Waals surface area contributed by atoms with Crippen molar-refractivity contribution < 1.29 is 0 Å². The molecule has 1 rings (SSSR count). The number of pyridine rings is 1. The van der Waals surface area contributed by atoms with E-state index in [-0.39, 0.29) is 0 Å². The van der Waals surface area contributed by atoms with Gasteiger partial charge in [-0.2, -0.15) is 0 Å². The van der Waals surface area contributed by atoms with E-state index in [9.17, 15) is 0 Å². The standard InChI is InChI=1S/C5H4BBrN2/c6-5-3(7)1-2-4(8)9-5/h1-2H,(H2,8,9). The summed E-state index contributed by atoms with van der Waals surface area (Å²) in [5.74, 6) is 0.440. The first-order valence-corrected chi connectivity index (χ1v) is 3.17. The van der Waals surface area contributed by atoms with Crippen LogP contribution >= 0.6 is 15.9 Å². The van der Waals surface area contributed by atoms with Crippen LogP contribution in [-0.2, 0) is 0 Å². The SMILES string of the molecule is [B]c1nc(N)ccc1Br. The van der Waals surface area contributed by atoms with Crippen LogP contribution in [0, 0.1) is 0 Å². The Labute approximate surface area is 63.0 Å². The zero-order chi connectivity index (χ0) is 6.85. The third-order valence-corrected chi connectivity index (χ3v) is 1.57. The average molecular weight is 183 g/mol. The monoisotopic (exact) mass is 182 g/mol. The molecule has 44 valence electrons. The highest BCUT2D eigenvalue weighted by atomic mass is 79.9. The van der Waals surface area contributed by atoms with Gasteiger partial charge in [0, 0.05) is 10.1 Å². The molecule has 0 fully saturated rings. The number of nitrogens with zero attached hydrogens (tertiary/aromatic N) is 1. The first-order valence-electron chi connectivity index (χ1n) is 2.37. The van der Waals surface area contributed by atoms with Crippen LogP contribution in [0.2, 0.25) is 0 Å². The second-order valence-electron chi connectivity index (χ2n) is 1.60. The van der Waals surface area contributed by atoms with Gasteiger partial charge in [0.25, 0.3) is 0 Å². The van der Waals surface area contributed by atoms with E-state index in [2.05, 4.69) is 20.9 Å². The van der Waals surface area contributed by atoms with E-state index in [1.54, 1.807) is 12.1 Å². The van der Waals surface area contributed by atoms with Gasteiger partial charge in [-0.25, -0.2) is 4.98 Å². The largest absolute Gasteiger partial charge is 0.384 e. The van der Waals surface area contributed by atoms with Gasteiger partial charge in [0.2, 0.25) is 0 Å². The molecular formula is C5H4BBrN2. The molecular weight excluding hydrogens is 179 g/mol. The molecule has 0 amide bonds. The molecule has 9 heavy (non-hydrogen) atoms. The van der Waals surface area contributed by atoms with Crippen LogP contribution in [0.25, 0.3) is 0 Å². The summed E-state index contributed by atoms with van der Waals surface area (Å²) in [6.07, 6.45) is 0. The maximum Gasteiger partial charge on any atom is 0.143 e. The van der Waals surface area contributed by atoms with Crippen LogP contribution in [-0.4, -0.2) is 12.8 Å². The number of anilines is 1. The summed E-state index contributed by atoms with van der Waals surface area (Å²) in [5.41, 5.74) is 5.74. The maximum atomic E-state index is 5.38. The Hall–Kier alpha value is -0.505. The van der Waals surface area contributed by atoms with Crippen molar-refractivity contribution in [1.29, 1.82) is 0 Å². The van der Waals surface area contributed by atoms with Crippen molar-refractivity contribution in [1.82, 2.24) is 4.98 Å². The van der Waals surface area contributed by atoms with Crippen molar-refractivity contribution in [3.63, 3.8) is 0 Å². The molecule has 0 unspecified atom stereocenters. The lowest BCUT2D eigenvalue weighted by molar-refractivity contribution is 1.38. The summed E-state index contributed by atoms with van der Waals surface area (Å²) in [7, 11) is 5.38. The number of rotatable bonds is 0. The van der Waals surface area contributed by atoms with Gasteiger partial charge in [0.1, 0.15) is 13.7 Å². The third-order valence-electron chi connectivity index (χ3n) is 0.895. The topological polar surface area (TPSA) is 38.9 Å². The number of aromatic nitrogens is 1. The first kappa shape index (κ1) is 6.61. The molecule has 2 N–H and O–H groups in total. The van der Waals surface area contributed by atoms with Gasteiger partial charge < -0.3 is 5.73 Å². The summed E-state index contributed by atoms with van der Waals surface area (Å²) in [6.45, 7) is 0. The summed E-state index contributed by atoms with van der Waals surface area (Å²) in [4.78, 5) is 3.78. The van der Waals surface area contributed by atoms with Crippen molar-refractivity contribution >= 4 is 35.2 Å². The molecule has 0 spiro atoms. The Balaban J connectivity index is 3.17. The highest BCUT2D eigenvalue weighted by Crippen LogP contribution is 2.04. The molecule has 1 aromatic rings. The highest BCUT2D eigenvalue weighted by Gasteiger charge is 1.92. The van der Waals surface area contributed by atoms with E-state index in [4.69, 9.17) is 13.6 Å². The summed E-state index contributed by atoms with van der Waals surface area (Å²) in [5, 5.41) is 0. The van der Waals surface area contributed by atoms with Gasteiger partial charge in [0.05, 0.1) is 0 Å². The quantitative estimate of drug-likeness (QED) is 0.584. The third kappa shape index (κ3) is 1.45. The van der Waals surface area contributed by atoms with E-state index in [0.29, 0.717) is 11.4 Å². The second-order valence-corrected chi connectivity index (χ2v) is 2.46. The lowest BCUT2D eigenvalue weighted by Crippen LogP contribution is -2.11. The smallest absolute Gasteiger partial charge is 0.143 e. The van der Waals surface area contributed by atoms with Crippen LogP contribution in [0.1, 0.15) is 0 Å². The Morgan fingerprint density at radius 1 is 1.56 bits per heavy atom. The molecule has 0 saturated carbocycles. The van der Waals surface area contributed by atoms with Crippen molar-refractivity contribution in [3.05, 3.63) is 16.6 Å². The zero-order valence-corrected chi connectivity index (χ0v) is 6.22. The van der Waals surface area contributed by atoms with Gasteiger partial charge in [-0.15, -0.1) is 0 Å². The number of halogens is 1. The van der Waals surface area contributed by atoms with Crippen LogP contribution in [0.4, 0.5) is 5.82 Å². The molecule has 0 aliphatic heterocycles. The molecule has 1 heterocycles. The van der Waals surface area contributed by atoms with Crippen LogP contribution < -0.4 is 11.3 Å². The van der Waals surface area contributed by atoms with Crippen molar-refractivity contribution in [2.45, 2.75) is 0 Å². The molecule has 0 saturated heterocycles. The second kappa shape index (κ2) is 2.39. The molecule has 0 aromatic carbocycles. The highest BCUT2D eigenvalue weighted by molar-refractivity contribution is 9.10. The fourth-order valence-electron chi connectivity index (χ4n) is 0.474. The lowest BCUT2D eigenvalue weighted by Gasteiger charge is -1.96. The van der Waals surface area contributed by atoms with Gasteiger partial charge in [-0.05, 0) is 28.1 Å². The average Bonchev–Trinajstić information content (AvgIpc) is 1.80. The number of hydrogen-bond donors (Lipinski definition) is 1. The molecule has 2 nitrogen and oxygen atoms in total. The van der Waals surface area contributed by atoms with E-state index in [1.165, 1.54) is 0 Å². The van der Waals surface area contributed by atoms with E-state index < -0.39 is 0 Å². The van der Waals surface area contributed by atoms with Gasteiger partial charge in [0.15, 0.2) is 0 Å². The Morgan fingerprint density at radius 3 is 2.67 bits per heavy atom. The van der Waals surface area contributed by atoms with Gasteiger partial charge >= 0.3 is 0 Å². The fourth-order valence-corrected chi connectivity index (χ4v) is 0.695. The molecule has 0 aliphatic rings. The number of hydrogen-bond acceptors (Lipinski definition) is 2. The Morgan fingerprint density at radius 2 is 2.22 bits per heavy atom. The Kier molecular flexibility index (Phi) is 1.76. The minimum absolute atomic E-state index is 0.426. The predicted molar refractivity (Wildman–Crippen MR) is 41.7 cm³/mol. The Bertz CT molecular complexity index is 226. The lowest BCUT2D eigenvalue weighted by atomic mass is 10.0. The molecule has 0 atom stereocenters. The summed E-state index contributed by atoms with van der Waals surface area (Å²) >= 11 is 3.19. The molecule has 0 aliphatic carbocycles. The van der Waals surface area contributed by atoms with Crippen LogP contribution in [0.15, 0.2) is 16.6 Å². The fraction of sp³-hybridized carbons (Fsp3) is 0. The zero-order valence-electron chi connectivity index (χ0n) is 4.63. The van der Waals surface area contributed by atoms with E-state index in [1.807, 2.05) is 0 Å². The number of nitrogens with two attached hydrogens (primary N) is 1. The van der Waals surface area contributed by atoms with E-state index >= 15 is 0 Å². The molecule has 2 radical (unpaired) electrons. The minimum Gasteiger partial charge on any atom is -0.384 e. The van der Waals surface area contributed by atoms with Crippen molar-refractivity contribution in [3.8, 4) is 0 Å². The summed E-state index contributed by atoms with van der Waals surface area (Å²) < 4.78 is 0.775. The molecule has 1 aromatic heterocycles. The molecule has 0 bridgehead atoms. The number of nitrogen functional groups attached to an aromatic ring is 1. The van der Waals surface area contributed by atoms with Crippen molar-refractivity contribution in [2.75, 3.05) is 5.73 Å². The van der Waals surface area contributed by atoms with Gasteiger partial charge in [-0.1, -0.05) is 0 Å².